The number of aryl methyl sites for hydroxylation is 1. The Morgan fingerprint density at radius 2 is 1.90 bits per heavy atom. The minimum absolute atomic E-state index is 0.637. The summed E-state index contributed by atoms with van der Waals surface area (Å²) in [6.45, 7) is 7.66. The monoisotopic (exact) mass is 287 g/mol. The summed E-state index contributed by atoms with van der Waals surface area (Å²) in [5.41, 5.74) is 2.79. The predicted molar refractivity (Wildman–Crippen MR) is 90.3 cm³/mol. The van der Waals surface area contributed by atoms with E-state index in [0.717, 1.165) is 6.54 Å². The van der Waals surface area contributed by atoms with Crippen molar-refractivity contribution >= 4 is 11.3 Å². The van der Waals surface area contributed by atoms with Crippen molar-refractivity contribution in [2.45, 2.75) is 52.6 Å². The fourth-order valence-electron chi connectivity index (χ4n) is 2.55. The van der Waals surface area contributed by atoms with Crippen molar-refractivity contribution in [3.8, 4) is 10.4 Å². The van der Waals surface area contributed by atoms with E-state index >= 15 is 0 Å². The van der Waals surface area contributed by atoms with Gasteiger partial charge in [-0.15, -0.1) is 11.3 Å². The van der Waals surface area contributed by atoms with Gasteiger partial charge < -0.3 is 5.32 Å². The van der Waals surface area contributed by atoms with Gasteiger partial charge in [-0.3, -0.25) is 0 Å². The topological polar surface area (TPSA) is 12.0 Å². The molecule has 0 saturated heterocycles. The molecule has 0 aliphatic carbocycles. The van der Waals surface area contributed by atoms with E-state index in [4.69, 9.17) is 0 Å². The highest BCUT2D eigenvalue weighted by atomic mass is 32.1. The molecular weight excluding hydrogens is 262 g/mol. The highest BCUT2D eigenvalue weighted by Crippen LogP contribution is 2.30. The standard InChI is InChI=1S/C18H25NS/c1-4-8-16(5-2)19-13-15-9-6-7-10-17(15)18-12-11-14(3)20-18/h6-7,9-12,16,19H,4-5,8,13H2,1-3H3. The lowest BCUT2D eigenvalue weighted by Gasteiger charge is -2.17. The van der Waals surface area contributed by atoms with Crippen molar-refractivity contribution in [2.24, 2.45) is 0 Å². The molecular formula is C18H25NS. The van der Waals surface area contributed by atoms with Crippen LogP contribution in [0.3, 0.4) is 0 Å². The van der Waals surface area contributed by atoms with Crippen LogP contribution in [0.2, 0.25) is 0 Å². The molecule has 0 aliphatic heterocycles. The zero-order valence-electron chi connectivity index (χ0n) is 12.8. The Morgan fingerprint density at radius 1 is 1.10 bits per heavy atom. The first-order chi connectivity index (χ1) is 9.74. The predicted octanol–water partition coefficient (Wildman–Crippen LogP) is 5.39. The third-order valence-electron chi connectivity index (χ3n) is 3.73. The molecule has 1 unspecified atom stereocenters. The van der Waals surface area contributed by atoms with Crippen molar-refractivity contribution in [2.75, 3.05) is 0 Å². The molecule has 0 fully saturated rings. The first-order valence-corrected chi connectivity index (χ1v) is 8.44. The van der Waals surface area contributed by atoms with Gasteiger partial charge in [-0.25, -0.2) is 0 Å². The van der Waals surface area contributed by atoms with Crippen molar-refractivity contribution in [1.29, 1.82) is 0 Å². The summed E-state index contributed by atoms with van der Waals surface area (Å²) in [7, 11) is 0. The Kier molecular flexibility index (Phi) is 5.81. The SMILES string of the molecule is CCCC(CC)NCc1ccccc1-c1ccc(C)s1. The van der Waals surface area contributed by atoms with Crippen LogP contribution in [0.4, 0.5) is 0 Å². The molecule has 0 aliphatic rings. The minimum Gasteiger partial charge on any atom is -0.310 e. The lowest BCUT2D eigenvalue weighted by Crippen LogP contribution is -2.27. The quantitative estimate of drug-likeness (QED) is 0.719. The van der Waals surface area contributed by atoms with E-state index in [1.807, 2.05) is 11.3 Å². The van der Waals surface area contributed by atoms with Gasteiger partial charge in [0.15, 0.2) is 0 Å². The maximum Gasteiger partial charge on any atom is 0.0348 e. The van der Waals surface area contributed by atoms with E-state index in [1.165, 1.54) is 40.1 Å². The van der Waals surface area contributed by atoms with E-state index in [2.05, 4.69) is 62.5 Å². The normalized spacial score (nSPS) is 12.6. The smallest absolute Gasteiger partial charge is 0.0348 e. The second-order valence-corrected chi connectivity index (χ2v) is 6.63. The molecule has 0 amide bonds. The Hall–Kier alpha value is -1.12. The van der Waals surface area contributed by atoms with Gasteiger partial charge in [0.25, 0.3) is 0 Å². The zero-order valence-corrected chi connectivity index (χ0v) is 13.6. The van der Waals surface area contributed by atoms with Gasteiger partial charge in [-0.2, -0.15) is 0 Å². The van der Waals surface area contributed by atoms with Crippen LogP contribution in [0, 0.1) is 6.92 Å². The molecule has 0 spiro atoms. The molecule has 1 atom stereocenters. The third kappa shape index (κ3) is 3.94. The maximum absolute atomic E-state index is 3.71. The molecule has 108 valence electrons. The molecule has 1 nitrogen and oxygen atoms in total. The highest BCUT2D eigenvalue weighted by Gasteiger charge is 2.09. The van der Waals surface area contributed by atoms with Gasteiger partial charge in [0.05, 0.1) is 0 Å². The Bertz CT molecular complexity index is 530. The van der Waals surface area contributed by atoms with Crippen molar-refractivity contribution in [3.63, 3.8) is 0 Å². The van der Waals surface area contributed by atoms with E-state index in [1.54, 1.807) is 0 Å². The largest absolute Gasteiger partial charge is 0.310 e. The van der Waals surface area contributed by atoms with Gasteiger partial charge in [0.2, 0.25) is 0 Å². The van der Waals surface area contributed by atoms with Crippen LogP contribution in [-0.2, 0) is 6.54 Å². The van der Waals surface area contributed by atoms with Crippen LogP contribution in [0.5, 0.6) is 0 Å². The van der Waals surface area contributed by atoms with Crippen molar-refractivity contribution in [1.82, 2.24) is 5.32 Å². The summed E-state index contributed by atoms with van der Waals surface area (Å²) in [4.78, 5) is 2.75. The van der Waals surface area contributed by atoms with Crippen LogP contribution < -0.4 is 5.32 Å². The van der Waals surface area contributed by atoms with Crippen molar-refractivity contribution in [3.05, 3.63) is 46.8 Å². The van der Waals surface area contributed by atoms with E-state index < -0.39 is 0 Å². The first-order valence-electron chi connectivity index (χ1n) is 7.62. The van der Waals surface area contributed by atoms with Crippen LogP contribution in [0.25, 0.3) is 10.4 Å². The van der Waals surface area contributed by atoms with E-state index in [-0.39, 0.29) is 0 Å². The first kappa shape index (κ1) is 15.3. The zero-order chi connectivity index (χ0) is 14.4. The molecule has 1 aromatic carbocycles. The molecule has 0 saturated carbocycles. The van der Waals surface area contributed by atoms with Gasteiger partial charge in [-0.05, 0) is 43.0 Å². The fourth-order valence-corrected chi connectivity index (χ4v) is 3.48. The second kappa shape index (κ2) is 7.61. The Morgan fingerprint density at radius 3 is 2.55 bits per heavy atom. The van der Waals surface area contributed by atoms with Crippen LogP contribution in [0.15, 0.2) is 36.4 Å². The summed E-state index contributed by atoms with van der Waals surface area (Å²) in [5.74, 6) is 0. The van der Waals surface area contributed by atoms with Crippen LogP contribution in [-0.4, -0.2) is 6.04 Å². The van der Waals surface area contributed by atoms with E-state index in [0.29, 0.717) is 6.04 Å². The molecule has 2 aromatic rings. The summed E-state index contributed by atoms with van der Waals surface area (Å²) < 4.78 is 0. The molecule has 2 heteroatoms. The number of rotatable bonds is 7. The summed E-state index contributed by atoms with van der Waals surface area (Å²) in [5, 5.41) is 3.71. The minimum atomic E-state index is 0.637. The number of benzene rings is 1. The number of nitrogens with one attached hydrogen (secondary N) is 1. The third-order valence-corrected chi connectivity index (χ3v) is 4.77. The highest BCUT2D eigenvalue weighted by molar-refractivity contribution is 7.15. The number of hydrogen-bond acceptors (Lipinski definition) is 2. The molecule has 1 heterocycles. The molecule has 0 bridgehead atoms. The molecule has 1 aromatic heterocycles. The van der Waals surface area contributed by atoms with Crippen LogP contribution in [0.1, 0.15) is 43.6 Å². The lowest BCUT2D eigenvalue weighted by molar-refractivity contribution is 0.463. The van der Waals surface area contributed by atoms with Gasteiger partial charge in [0.1, 0.15) is 0 Å². The van der Waals surface area contributed by atoms with E-state index in [9.17, 15) is 0 Å². The Balaban J connectivity index is 2.12. The lowest BCUT2D eigenvalue weighted by atomic mass is 10.0. The number of hydrogen-bond donors (Lipinski definition) is 1. The molecule has 20 heavy (non-hydrogen) atoms. The average molecular weight is 287 g/mol. The van der Waals surface area contributed by atoms with Crippen molar-refractivity contribution < 1.29 is 0 Å². The Labute approximate surface area is 127 Å². The van der Waals surface area contributed by atoms with Gasteiger partial charge >= 0.3 is 0 Å². The van der Waals surface area contributed by atoms with Crippen LogP contribution >= 0.6 is 11.3 Å². The molecule has 1 N–H and O–H groups in total. The summed E-state index contributed by atoms with van der Waals surface area (Å²) in [6.07, 6.45) is 3.71. The van der Waals surface area contributed by atoms with Gasteiger partial charge in [0, 0.05) is 22.3 Å². The molecule has 2 rings (SSSR count). The average Bonchev–Trinajstić information content (AvgIpc) is 2.90. The second-order valence-electron chi connectivity index (χ2n) is 5.34. The summed E-state index contributed by atoms with van der Waals surface area (Å²) in [6, 6.07) is 13.8. The van der Waals surface area contributed by atoms with Gasteiger partial charge in [-0.1, -0.05) is 44.5 Å². The number of thiophene rings is 1. The molecule has 0 radical (unpaired) electrons. The fraction of sp³-hybridized carbons (Fsp3) is 0.444. The summed E-state index contributed by atoms with van der Waals surface area (Å²) >= 11 is 1.88. The maximum atomic E-state index is 3.71.